The van der Waals surface area contributed by atoms with E-state index in [-0.39, 0.29) is 11.7 Å². The van der Waals surface area contributed by atoms with Crippen LogP contribution in [0.2, 0.25) is 0 Å². The van der Waals surface area contributed by atoms with Gasteiger partial charge in [-0.3, -0.25) is 4.79 Å². The number of nitrogens with zero attached hydrogens (tertiary/aromatic N) is 2. The van der Waals surface area contributed by atoms with Crippen molar-refractivity contribution >= 4 is 11.6 Å². The second-order valence-corrected chi connectivity index (χ2v) is 4.35. The highest BCUT2D eigenvalue weighted by atomic mass is 19.1. The smallest absolute Gasteiger partial charge is 0.266 e. The molecule has 102 valence electrons. The van der Waals surface area contributed by atoms with Crippen molar-refractivity contribution in [3.05, 3.63) is 35.6 Å². The van der Waals surface area contributed by atoms with Crippen molar-refractivity contribution in [2.24, 2.45) is 5.16 Å². The van der Waals surface area contributed by atoms with Crippen LogP contribution >= 0.6 is 0 Å². The molecular formula is C14H17FN2O2. The third kappa shape index (κ3) is 2.92. The van der Waals surface area contributed by atoms with Gasteiger partial charge in [0.15, 0.2) is 0 Å². The molecule has 4 nitrogen and oxygen atoms in total. The molecule has 0 radical (unpaired) electrons. The van der Waals surface area contributed by atoms with Gasteiger partial charge in [-0.2, -0.15) is 0 Å². The number of halogens is 1. The van der Waals surface area contributed by atoms with Crippen LogP contribution in [-0.4, -0.2) is 35.7 Å². The van der Waals surface area contributed by atoms with E-state index in [1.807, 2.05) is 13.8 Å². The summed E-state index contributed by atoms with van der Waals surface area (Å²) in [5.74, 6) is -0.343. The van der Waals surface area contributed by atoms with Gasteiger partial charge >= 0.3 is 0 Å². The number of rotatable bonds is 4. The van der Waals surface area contributed by atoms with Crippen molar-refractivity contribution in [2.75, 3.05) is 13.1 Å². The van der Waals surface area contributed by atoms with Crippen LogP contribution < -0.4 is 0 Å². The van der Waals surface area contributed by atoms with E-state index < -0.39 is 6.10 Å². The quantitative estimate of drug-likeness (QED) is 0.836. The highest BCUT2D eigenvalue weighted by Crippen LogP contribution is 2.18. The molecule has 1 aliphatic heterocycles. The Morgan fingerprint density at radius 3 is 2.58 bits per heavy atom. The minimum atomic E-state index is -0.556. The molecule has 1 aromatic carbocycles. The molecule has 1 atom stereocenters. The number of oxime groups is 1. The molecule has 0 fully saturated rings. The first-order chi connectivity index (χ1) is 9.15. The number of hydrogen-bond donors (Lipinski definition) is 0. The minimum Gasteiger partial charge on any atom is -0.382 e. The van der Waals surface area contributed by atoms with E-state index in [4.69, 9.17) is 4.84 Å². The molecule has 0 N–H and O–H groups in total. The first kappa shape index (κ1) is 13.5. The molecule has 2 rings (SSSR count). The summed E-state index contributed by atoms with van der Waals surface area (Å²) in [6.07, 6.45) is -0.124. The van der Waals surface area contributed by atoms with Crippen molar-refractivity contribution in [1.82, 2.24) is 4.90 Å². The van der Waals surface area contributed by atoms with Gasteiger partial charge < -0.3 is 9.74 Å². The van der Waals surface area contributed by atoms with Crippen LogP contribution in [0.25, 0.3) is 0 Å². The Kier molecular flexibility index (Phi) is 4.14. The number of carbonyl (C=O) groups excluding carboxylic acids is 1. The molecule has 1 heterocycles. The molecule has 0 bridgehead atoms. The summed E-state index contributed by atoms with van der Waals surface area (Å²) in [6, 6.07) is 6.03. The summed E-state index contributed by atoms with van der Waals surface area (Å²) in [5, 5.41) is 3.94. The van der Waals surface area contributed by atoms with Gasteiger partial charge in [0.25, 0.3) is 5.91 Å². The fourth-order valence-electron chi connectivity index (χ4n) is 2.06. The van der Waals surface area contributed by atoms with Gasteiger partial charge in [-0.15, -0.1) is 0 Å². The van der Waals surface area contributed by atoms with Crippen LogP contribution in [0.15, 0.2) is 29.4 Å². The third-order valence-corrected chi connectivity index (χ3v) is 3.20. The summed E-state index contributed by atoms with van der Waals surface area (Å²) in [5.41, 5.74) is 1.47. The number of benzene rings is 1. The number of amides is 1. The van der Waals surface area contributed by atoms with Crippen molar-refractivity contribution < 1.29 is 14.0 Å². The van der Waals surface area contributed by atoms with E-state index in [1.165, 1.54) is 12.1 Å². The molecular weight excluding hydrogens is 247 g/mol. The van der Waals surface area contributed by atoms with Crippen LogP contribution in [0.1, 0.15) is 25.8 Å². The van der Waals surface area contributed by atoms with Gasteiger partial charge in [-0.05, 0) is 31.5 Å². The zero-order valence-electron chi connectivity index (χ0n) is 11.1. The SMILES string of the molecule is CCN(CC)C(=O)[C@H]1CC(c2ccc(F)cc2)=NO1. The molecule has 1 aliphatic rings. The molecule has 1 aromatic rings. The van der Waals surface area contributed by atoms with Gasteiger partial charge in [0.05, 0.1) is 5.71 Å². The fraction of sp³-hybridized carbons (Fsp3) is 0.429. The first-order valence-electron chi connectivity index (χ1n) is 6.43. The summed E-state index contributed by atoms with van der Waals surface area (Å²) in [7, 11) is 0. The van der Waals surface area contributed by atoms with Crippen LogP contribution in [0.5, 0.6) is 0 Å². The maximum absolute atomic E-state index is 12.8. The van der Waals surface area contributed by atoms with E-state index in [1.54, 1.807) is 17.0 Å². The van der Waals surface area contributed by atoms with Gasteiger partial charge in [0.1, 0.15) is 5.82 Å². The Labute approximate surface area is 111 Å². The average Bonchev–Trinajstić information content (AvgIpc) is 2.90. The lowest BCUT2D eigenvalue weighted by Gasteiger charge is -2.20. The Hall–Kier alpha value is -1.91. The lowest BCUT2D eigenvalue weighted by Crippen LogP contribution is -2.39. The van der Waals surface area contributed by atoms with Crippen LogP contribution in [0.4, 0.5) is 4.39 Å². The van der Waals surface area contributed by atoms with Gasteiger partial charge in [-0.25, -0.2) is 4.39 Å². The molecule has 0 unspecified atom stereocenters. The predicted molar refractivity (Wildman–Crippen MR) is 70.4 cm³/mol. The largest absolute Gasteiger partial charge is 0.382 e. The number of carbonyl (C=O) groups is 1. The maximum atomic E-state index is 12.8. The average molecular weight is 264 g/mol. The highest BCUT2D eigenvalue weighted by Gasteiger charge is 2.31. The lowest BCUT2D eigenvalue weighted by atomic mass is 10.0. The second kappa shape index (κ2) is 5.82. The Bertz CT molecular complexity index is 481. The van der Waals surface area contributed by atoms with E-state index in [9.17, 15) is 9.18 Å². The van der Waals surface area contributed by atoms with E-state index in [0.29, 0.717) is 25.2 Å². The highest BCUT2D eigenvalue weighted by molar-refractivity contribution is 6.04. The number of hydrogen-bond acceptors (Lipinski definition) is 3. The van der Waals surface area contributed by atoms with Crippen molar-refractivity contribution in [2.45, 2.75) is 26.4 Å². The van der Waals surface area contributed by atoms with Gasteiger partial charge in [0, 0.05) is 19.5 Å². The van der Waals surface area contributed by atoms with Crippen molar-refractivity contribution in [1.29, 1.82) is 0 Å². The third-order valence-electron chi connectivity index (χ3n) is 3.20. The van der Waals surface area contributed by atoms with Crippen molar-refractivity contribution in [3.8, 4) is 0 Å². The molecule has 0 aromatic heterocycles. The molecule has 1 amide bonds. The zero-order valence-corrected chi connectivity index (χ0v) is 11.1. The Morgan fingerprint density at radius 1 is 1.37 bits per heavy atom. The minimum absolute atomic E-state index is 0.0501. The van der Waals surface area contributed by atoms with E-state index >= 15 is 0 Å². The van der Waals surface area contributed by atoms with E-state index in [2.05, 4.69) is 5.16 Å². The normalized spacial score (nSPS) is 17.8. The molecule has 0 spiro atoms. The summed E-state index contributed by atoms with van der Waals surface area (Å²) < 4.78 is 12.8. The zero-order chi connectivity index (χ0) is 13.8. The second-order valence-electron chi connectivity index (χ2n) is 4.35. The van der Waals surface area contributed by atoms with Crippen LogP contribution in [0.3, 0.4) is 0 Å². The maximum Gasteiger partial charge on any atom is 0.266 e. The Morgan fingerprint density at radius 2 is 2.00 bits per heavy atom. The summed E-state index contributed by atoms with van der Waals surface area (Å²) in [4.78, 5) is 19.0. The molecule has 19 heavy (non-hydrogen) atoms. The molecule has 0 aliphatic carbocycles. The fourth-order valence-corrected chi connectivity index (χ4v) is 2.06. The summed E-state index contributed by atoms with van der Waals surface area (Å²) >= 11 is 0. The van der Waals surface area contributed by atoms with Gasteiger partial charge in [0.2, 0.25) is 6.10 Å². The summed E-state index contributed by atoms with van der Waals surface area (Å²) in [6.45, 7) is 5.17. The topological polar surface area (TPSA) is 41.9 Å². The lowest BCUT2D eigenvalue weighted by molar-refractivity contribution is -0.141. The molecule has 0 saturated heterocycles. The standard InChI is InChI=1S/C14H17FN2O2/c1-3-17(4-2)14(18)13-9-12(16-19-13)10-5-7-11(15)8-6-10/h5-8,13H,3-4,9H2,1-2H3/t13-/m1/s1. The van der Waals surface area contributed by atoms with Gasteiger partial charge in [-0.1, -0.05) is 17.3 Å². The number of likely N-dealkylation sites (N-methyl/N-ethyl adjacent to an activating group) is 1. The first-order valence-corrected chi connectivity index (χ1v) is 6.43. The van der Waals surface area contributed by atoms with E-state index in [0.717, 1.165) is 5.56 Å². The predicted octanol–water partition coefficient (Wildman–Crippen LogP) is 2.19. The van der Waals surface area contributed by atoms with Crippen LogP contribution in [0, 0.1) is 5.82 Å². The Balaban J connectivity index is 2.03. The van der Waals surface area contributed by atoms with Crippen molar-refractivity contribution in [3.63, 3.8) is 0 Å². The molecule has 5 heteroatoms. The monoisotopic (exact) mass is 264 g/mol. The van der Waals surface area contributed by atoms with Crippen LogP contribution in [-0.2, 0) is 9.63 Å². The molecule has 0 saturated carbocycles.